The van der Waals surface area contributed by atoms with Gasteiger partial charge in [0, 0.05) is 0 Å². The molecule has 2 aliphatic rings. The van der Waals surface area contributed by atoms with Gasteiger partial charge in [-0.1, -0.05) is 0 Å². The highest BCUT2D eigenvalue weighted by molar-refractivity contribution is 5.74. The van der Waals surface area contributed by atoms with Gasteiger partial charge in [0.25, 0.3) is 0 Å². The van der Waals surface area contributed by atoms with Crippen LogP contribution < -0.4 is 0 Å². The monoisotopic (exact) mass is 370 g/mol. The molecule has 0 spiro atoms. The van der Waals surface area contributed by atoms with Gasteiger partial charge in [-0.15, -0.1) is 0 Å². The fraction of sp³-hybridized carbons (Fsp3) is 0.833. The second-order valence-electron chi connectivity index (χ2n) is 5.60. The van der Waals surface area contributed by atoms with Crippen LogP contribution in [0, 0.1) is 0 Å². The summed E-state index contributed by atoms with van der Waals surface area (Å²) in [7, 11) is 0. The molecule has 0 aromatic rings. The molecule has 0 aliphatic carbocycles. The average Bonchev–Trinajstić information content (AvgIpc) is 2.54. The van der Waals surface area contributed by atoms with Crippen LogP contribution in [0.4, 0.5) is 0 Å². The number of hydrogen-bond donors (Lipinski definition) is 8. The molecule has 2 saturated heterocycles. The standard InChI is InChI=1S/C12H18O13/c13-1-2(14)7(9(18)19)25-12(5(1)17)24-6-3(15)4(16)11(22)23-8(6)10(20)21/h1-8,11-17,22H,(H,18,19)(H,20,21)/t1-,2+,3+,4+,5+,6+,7?,8-,11?,12-/m0/s1. The van der Waals surface area contributed by atoms with Crippen LogP contribution in [0.5, 0.6) is 0 Å². The van der Waals surface area contributed by atoms with Crippen LogP contribution in [-0.4, -0.2) is 114 Å². The van der Waals surface area contributed by atoms with Gasteiger partial charge in [0.1, 0.15) is 36.6 Å². The van der Waals surface area contributed by atoms with Crippen LogP contribution in [0.3, 0.4) is 0 Å². The van der Waals surface area contributed by atoms with E-state index in [1.807, 2.05) is 0 Å². The lowest BCUT2D eigenvalue weighted by Gasteiger charge is -2.44. The van der Waals surface area contributed by atoms with Crippen molar-refractivity contribution in [1.29, 1.82) is 0 Å². The molecule has 2 fully saturated rings. The molecule has 13 nitrogen and oxygen atoms in total. The van der Waals surface area contributed by atoms with Crippen LogP contribution in [0.15, 0.2) is 0 Å². The lowest BCUT2D eigenvalue weighted by molar-refractivity contribution is -0.346. The molecular weight excluding hydrogens is 352 g/mol. The van der Waals surface area contributed by atoms with E-state index in [2.05, 4.69) is 4.74 Å². The van der Waals surface area contributed by atoms with Gasteiger partial charge in [0.15, 0.2) is 24.8 Å². The van der Waals surface area contributed by atoms with E-state index >= 15 is 0 Å². The van der Waals surface area contributed by atoms with E-state index in [1.165, 1.54) is 0 Å². The van der Waals surface area contributed by atoms with Crippen molar-refractivity contribution in [3.05, 3.63) is 0 Å². The fourth-order valence-electron chi connectivity index (χ4n) is 2.52. The lowest BCUT2D eigenvalue weighted by atomic mass is 9.96. The van der Waals surface area contributed by atoms with Gasteiger partial charge in [-0.25, -0.2) is 9.59 Å². The van der Waals surface area contributed by atoms with E-state index in [4.69, 9.17) is 19.7 Å². The number of carboxylic acid groups (broad SMARTS) is 2. The Bertz CT molecular complexity index is 511. The topological polar surface area (TPSA) is 224 Å². The number of hydrogen-bond acceptors (Lipinski definition) is 11. The molecule has 2 aliphatic heterocycles. The molecule has 144 valence electrons. The minimum absolute atomic E-state index is 1.70. The summed E-state index contributed by atoms with van der Waals surface area (Å²) in [6.07, 6.45) is -19.9. The Hall–Kier alpha value is -1.42. The highest BCUT2D eigenvalue weighted by Gasteiger charge is 2.53. The van der Waals surface area contributed by atoms with E-state index in [0.717, 1.165) is 0 Å². The Balaban J connectivity index is 2.22. The Labute approximate surface area is 139 Å². The molecule has 0 radical (unpaired) electrons. The summed E-state index contributed by atoms with van der Waals surface area (Å²) < 4.78 is 14.4. The summed E-state index contributed by atoms with van der Waals surface area (Å²) in [6, 6.07) is 0. The van der Waals surface area contributed by atoms with Gasteiger partial charge < -0.3 is 55.1 Å². The molecule has 2 rings (SSSR count). The van der Waals surface area contributed by atoms with Crippen molar-refractivity contribution in [3.8, 4) is 0 Å². The highest BCUT2D eigenvalue weighted by Crippen LogP contribution is 2.28. The van der Waals surface area contributed by atoms with Gasteiger partial charge in [0.2, 0.25) is 0 Å². The third-order valence-corrected chi connectivity index (χ3v) is 3.91. The summed E-state index contributed by atoms with van der Waals surface area (Å²) in [5, 5.41) is 75.9. The number of ether oxygens (including phenoxy) is 3. The first kappa shape index (κ1) is 19.9. The van der Waals surface area contributed by atoms with Crippen LogP contribution in [-0.2, 0) is 23.8 Å². The Morgan fingerprint density at radius 2 is 1.24 bits per heavy atom. The van der Waals surface area contributed by atoms with E-state index in [-0.39, 0.29) is 0 Å². The zero-order chi connectivity index (χ0) is 19.0. The largest absolute Gasteiger partial charge is 0.479 e. The van der Waals surface area contributed by atoms with Crippen LogP contribution >= 0.6 is 0 Å². The first-order valence-corrected chi connectivity index (χ1v) is 7.06. The number of aliphatic hydroxyl groups is 6. The summed E-state index contributed by atoms with van der Waals surface area (Å²) in [4.78, 5) is 22.2. The molecule has 2 unspecified atom stereocenters. The fourth-order valence-corrected chi connectivity index (χ4v) is 2.52. The van der Waals surface area contributed by atoms with Crippen molar-refractivity contribution in [2.45, 2.75) is 61.4 Å². The summed E-state index contributed by atoms with van der Waals surface area (Å²) >= 11 is 0. The summed E-state index contributed by atoms with van der Waals surface area (Å²) in [5.41, 5.74) is 0. The van der Waals surface area contributed by atoms with Crippen LogP contribution in [0.1, 0.15) is 0 Å². The Kier molecular flexibility index (Phi) is 5.93. The van der Waals surface area contributed by atoms with Crippen LogP contribution in [0.25, 0.3) is 0 Å². The molecule has 0 aromatic heterocycles. The zero-order valence-electron chi connectivity index (χ0n) is 12.4. The van der Waals surface area contributed by atoms with E-state index in [0.29, 0.717) is 0 Å². The van der Waals surface area contributed by atoms with Gasteiger partial charge in [-0.05, 0) is 0 Å². The molecule has 10 atom stereocenters. The van der Waals surface area contributed by atoms with Gasteiger partial charge in [-0.2, -0.15) is 0 Å². The molecule has 0 amide bonds. The van der Waals surface area contributed by atoms with E-state index in [9.17, 15) is 40.2 Å². The maximum atomic E-state index is 11.2. The van der Waals surface area contributed by atoms with Gasteiger partial charge in [0.05, 0.1) is 0 Å². The van der Waals surface area contributed by atoms with Crippen molar-refractivity contribution >= 4 is 11.9 Å². The number of carbonyl (C=O) groups is 2. The molecule has 0 saturated carbocycles. The number of rotatable bonds is 4. The third kappa shape index (κ3) is 3.74. The van der Waals surface area contributed by atoms with Gasteiger partial charge in [-0.3, -0.25) is 0 Å². The minimum atomic E-state index is -2.03. The zero-order valence-corrected chi connectivity index (χ0v) is 12.4. The first-order chi connectivity index (χ1) is 11.6. The second kappa shape index (κ2) is 7.45. The quantitative estimate of drug-likeness (QED) is 0.232. The van der Waals surface area contributed by atoms with Crippen LogP contribution in [0.2, 0.25) is 0 Å². The second-order valence-corrected chi connectivity index (χ2v) is 5.60. The normalized spacial score (nSPS) is 48.1. The predicted octanol–water partition coefficient (Wildman–Crippen LogP) is -5.21. The molecule has 2 heterocycles. The van der Waals surface area contributed by atoms with Gasteiger partial charge >= 0.3 is 11.9 Å². The molecule has 25 heavy (non-hydrogen) atoms. The maximum absolute atomic E-state index is 11.2. The number of aliphatic carboxylic acids is 2. The molecule has 0 bridgehead atoms. The Morgan fingerprint density at radius 1 is 0.680 bits per heavy atom. The van der Waals surface area contributed by atoms with E-state index < -0.39 is 73.4 Å². The molecule has 8 N–H and O–H groups in total. The minimum Gasteiger partial charge on any atom is -0.479 e. The number of aliphatic hydroxyl groups excluding tert-OH is 6. The molecular formula is C12H18O13. The highest BCUT2D eigenvalue weighted by atomic mass is 16.7. The van der Waals surface area contributed by atoms with Crippen molar-refractivity contribution < 1.29 is 64.7 Å². The van der Waals surface area contributed by atoms with E-state index in [1.54, 1.807) is 0 Å². The average molecular weight is 370 g/mol. The molecule has 0 aromatic carbocycles. The maximum Gasteiger partial charge on any atom is 0.335 e. The SMILES string of the molecule is O=C(O)C1O[C@H](O[C@@H]2[C@H](O)[C@@H](O)C(O)O[C@@H]2C(=O)O)[C@H](O)[C@@H](O)[C@H]1O. The molecule has 13 heteroatoms. The first-order valence-electron chi connectivity index (χ1n) is 7.06. The van der Waals surface area contributed by atoms with Crippen molar-refractivity contribution in [2.24, 2.45) is 0 Å². The van der Waals surface area contributed by atoms with Crippen molar-refractivity contribution in [3.63, 3.8) is 0 Å². The smallest absolute Gasteiger partial charge is 0.335 e. The van der Waals surface area contributed by atoms with Crippen molar-refractivity contribution in [2.75, 3.05) is 0 Å². The Morgan fingerprint density at radius 3 is 1.76 bits per heavy atom. The summed E-state index contributed by atoms with van der Waals surface area (Å²) in [5.74, 6) is -3.39. The number of carboxylic acids is 2. The van der Waals surface area contributed by atoms with Crippen molar-refractivity contribution in [1.82, 2.24) is 0 Å². The predicted molar refractivity (Wildman–Crippen MR) is 69.7 cm³/mol. The summed E-state index contributed by atoms with van der Waals surface area (Å²) in [6.45, 7) is 0. The lowest BCUT2D eigenvalue weighted by Crippen LogP contribution is -2.65. The third-order valence-electron chi connectivity index (χ3n) is 3.91.